The van der Waals surface area contributed by atoms with Gasteiger partial charge in [0, 0.05) is 20.0 Å². The number of piperidine rings is 1. The van der Waals surface area contributed by atoms with Gasteiger partial charge in [-0.1, -0.05) is 35.6 Å². The lowest BCUT2D eigenvalue weighted by atomic mass is 9.96. The number of carbonyl (C=O) groups is 1. The van der Waals surface area contributed by atoms with E-state index in [1.807, 2.05) is 30.3 Å². The van der Waals surface area contributed by atoms with Crippen LogP contribution in [0.4, 0.5) is 0 Å². The highest BCUT2D eigenvalue weighted by atomic mass is 32.1. The predicted molar refractivity (Wildman–Crippen MR) is 113 cm³/mol. The fraction of sp³-hybridized carbons (Fsp3) is 0.364. The van der Waals surface area contributed by atoms with Gasteiger partial charge in [-0.05, 0) is 61.7 Å². The third kappa shape index (κ3) is 4.88. The van der Waals surface area contributed by atoms with Gasteiger partial charge in [-0.2, -0.15) is 0 Å². The van der Waals surface area contributed by atoms with Crippen molar-refractivity contribution in [3.8, 4) is 10.9 Å². The molecule has 6 heteroatoms. The number of nitrogens with one attached hydrogen (secondary N) is 1. The second-order valence-electron chi connectivity index (χ2n) is 7.35. The maximum atomic E-state index is 11.0. The summed E-state index contributed by atoms with van der Waals surface area (Å²) in [5, 5.41) is 3.61. The summed E-state index contributed by atoms with van der Waals surface area (Å²) in [4.78, 5) is 18.0. The van der Waals surface area contributed by atoms with Crippen LogP contribution < -0.4 is 10.1 Å². The number of thiazole rings is 1. The molecular weight excluding hydrogens is 370 g/mol. The Morgan fingerprint density at radius 3 is 2.64 bits per heavy atom. The molecule has 1 fully saturated rings. The molecule has 2 heterocycles. The molecule has 0 radical (unpaired) electrons. The van der Waals surface area contributed by atoms with Gasteiger partial charge in [0.05, 0.1) is 10.2 Å². The number of hydrogen-bond acceptors (Lipinski definition) is 5. The first-order valence-corrected chi connectivity index (χ1v) is 10.6. The molecule has 0 saturated carbocycles. The summed E-state index contributed by atoms with van der Waals surface area (Å²) < 4.78 is 7.06. The molecule has 1 amide bonds. The van der Waals surface area contributed by atoms with Crippen LogP contribution in [0.3, 0.4) is 0 Å². The third-order valence-corrected chi connectivity index (χ3v) is 6.07. The number of aromatic nitrogens is 1. The number of likely N-dealkylation sites (tertiary alicyclic amines) is 1. The molecule has 1 aliphatic rings. The summed E-state index contributed by atoms with van der Waals surface area (Å²) in [5.41, 5.74) is 2.26. The Kier molecular flexibility index (Phi) is 5.88. The van der Waals surface area contributed by atoms with E-state index in [1.165, 1.54) is 5.56 Å². The summed E-state index contributed by atoms with van der Waals surface area (Å²) >= 11 is 1.56. The standard InChI is InChI=1S/C22H25N3O2S/c1-16(26)23-14-17-10-12-25(13-11-17)15-18-6-8-19(9-7-18)27-22-24-20-4-2-3-5-21(20)28-22/h2-9,17H,10-15H2,1H3,(H,23,26). The van der Waals surface area contributed by atoms with Crippen molar-refractivity contribution in [2.75, 3.05) is 19.6 Å². The van der Waals surface area contributed by atoms with E-state index in [2.05, 4.69) is 33.4 Å². The number of hydrogen-bond donors (Lipinski definition) is 1. The summed E-state index contributed by atoms with van der Waals surface area (Å²) in [6.07, 6.45) is 2.28. The van der Waals surface area contributed by atoms with E-state index in [9.17, 15) is 4.79 Å². The van der Waals surface area contributed by atoms with Crippen LogP contribution in [-0.4, -0.2) is 35.4 Å². The molecule has 1 saturated heterocycles. The van der Waals surface area contributed by atoms with Crippen LogP contribution in [-0.2, 0) is 11.3 Å². The van der Waals surface area contributed by atoms with Crippen LogP contribution in [0.2, 0.25) is 0 Å². The Hall–Kier alpha value is -2.44. The average Bonchev–Trinajstić information content (AvgIpc) is 3.11. The van der Waals surface area contributed by atoms with Crippen molar-refractivity contribution in [1.29, 1.82) is 0 Å². The monoisotopic (exact) mass is 395 g/mol. The van der Waals surface area contributed by atoms with Crippen molar-refractivity contribution in [3.05, 3.63) is 54.1 Å². The Bertz CT molecular complexity index is 897. The minimum Gasteiger partial charge on any atom is -0.431 e. The summed E-state index contributed by atoms with van der Waals surface area (Å²) in [5.74, 6) is 1.48. The van der Waals surface area contributed by atoms with Gasteiger partial charge in [0.25, 0.3) is 5.19 Å². The Morgan fingerprint density at radius 2 is 1.93 bits per heavy atom. The summed E-state index contributed by atoms with van der Waals surface area (Å²) in [7, 11) is 0. The molecule has 28 heavy (non-hydrogen) atoms. The zero-order valence-corrected chi connectivity index (χ0v) is 16.9. The highest BCUT2D eigenvalue weighted by Gasteiger charge is 2.19. The van der Waals surface area contributed by atoms with E-state index in [-0.39, 0.29) is 5.91 Å². The van der Waals surface area contributed by atoms with E-state index in [0.717, 1.165) is 55.0 Å². The number of rotatable bonds is 6. The fourth-order valence-corrected chi connectivity index (χ4v) is 4.39. The van der Waals surface area contributed by atoms with Gasteiger partial charge in [0.2, 0.25) is 5.91 Å². The van der Waals surface area contributed by atoms with Crippen LogP contribution in [0.25, 0.3) is 10.2 Å². The molecule has 4 rings (SSSR count). The average molecular weight is 396 g/mol. The summed E-state index contributed by atoms with van der Waals surface area (Å²) in [6.45, 7) is 5.50. The van der Waals surface area contributed by atoms with Crippen molar-refractivity contribution in [2.45, 2.75) is 26.3 Å². The van der Waals surface area contributed by atoms with Gasteiger partial charge in [-0.25, -0.2) is 4.98 Å². The third-order valence-electron chi connectivity index (χ3n) is 5.16. The maximum Gasteiger partial charge on any atom is 0.279 e. The van der Waals surface area contributed by atoms with Crippen molar-refractivity contribution in [1.82, 2.24) is 15.2 Å². The van der Waals surface area contributed by atoms with Gasteiger partial charge in [0.1, 0.15) is 5.75 Å². The van der Waals surface area contributed by atoms with Gasteiger partial charge in [0.15, 0.2) is 0 Å². The quantitative estimate of drug-likeness (QED) is 0.671. The van der Waals surface area contributed by atoms with Crippen LogP contribution in [0.15, 0.2) is 48.5 Å². The summed E-state index contributed by atoms with van der Waals surface area (Å²) in [6, 6.07) is 16.4. The highest BCUT2D eigenvalue weighted by Crippen LogP contribution is 2.31. The Morgan fingerprint density at radius 1 is 1.18 bits per heavy atom. The molecule has 0 atom stereocenters. The first-order chi connectivity index (χ1) is 13.7. The first-order valence-electron chi connectivity index (χ1n) is 9.75. The molecule has 1 N–H and O–H groups in total. The smallest absolute Gasteiger partial charge is 0.279 e. The minimum atomic E-state index is 0.0654. The van der Waals surface area contributed by atoms with E-state index in [1.54, 1.807) is 18.3 Å². The maximum absolute atomic E-state index is 11.0. The molecule has 146 valence electrons. The molecule has 3 aromatic rings. The van der Waals surface area contributed by atoms with E-state index in [4.69, 9.17) is 4.74 Å². The minimum absolute atomic E-state index is 0.0654. The van der Waals surface area contributed by atoms with Crippen molar-refractivity contribution < 1.29 is 9.53 Å². The molecule has 0 unspecified atom stereocenters. The lowest BCUT2D eigenvalue weighted by Gasteiger charge is -2.32. The normalized spacial score (nSPS) is 15.6. The Balaban J connectivity index is 1.28. The van der Waals surface area contributed by atoms with Crippen molar-refractivity contribution in [2.24, 2.45) is 5.92 Å². The van der Waals surface area contributed by atoms with E-state index in [0.29, 0.717) is 11.1 Å². The van der Waals surface area contributed by atoms with Crippen molar-refractivity contribution >= 4 is 27.5 Å². The molecule has 0 spiro atoms. The van der Waals surface area contributed by atoms with Crippen LogP contribution in [0, 0.1) is 5.92 Å². The number of para-hydroxylation sites is 1. The van der Waals surface area contributed by atoms with Gasteiger partial charge < -0.3 is 10.1 Å². The van der Waals surface area contributed by atoms with Crippen LogP contribution in [0.5, 0.6) is 10.9 Å². The highest BCUT2D eigenvalue weighted by molar-refractivity contribution is 7.20. The predicted octanol–water partition coefficient (Wildman–Crippen LogP) is 4.44. The molecule has 2 aromatic carbocycles. The van der Waals surface area contributed by atoms with E-state index >= 15 is 0 Å². The number of amides is 1. The zero-order valence-electron chi connectivity index (χ0n) is 16.1. The lowest BCUT2D eigenvalue weighted by molar-refractivity contribution is -0.119. The number of nitrogens with zero attached hydrogens (tertiary/aromatic N) is 2. The second kappa shape index (κ2) is 8.71. The lowest BCUT2D eigenvalue weighted by Crippen LogP contribution is -2.37. The van der Waals surface area contributed by atoms with Gasteiger partial charge >= 0.3 is 0 Å². The molecule has 1 aliphatic heterocycles. The number of ether oxygens (including phenoxy) is 1. The second-order valence-corrected chi connectivity index (χ2v) is 8.34. The number of carbonyl (C=O) groups excluding carboxylic acids is 1. The van der Waals surface area contributed by atoms with Crippen molar-refractivity contribution in [3.63, 3.8) is 0 Å². The van der Waals surface area contributed by atoms with Crippen LogP contribution in [0.1, 0.15) is 25.3 Å². The molecule has 1 aromatic heterocycles. The topological polar surface area (TPSA) is 54.5 Å². The van der Waals surface area contributed by atoms with Gasteiger partial charge in [-0.3, -0.25) is 9.69 Å². The largest absolute Gasteiger partial charge is 0.431 e. The first kappa shape index (κ1) is 18.9. The number of benzene rings is 2. The van der Waals surface area contributed by atoms with Crippen LogP contribution >= 0.6 is 11.3 Å². The molecule has 0 bridgehead atoms. The SMILES string of the molecule is CC(=O)NCC1CCN(Cc2ccc(Oc3nc4ccccc4s3)cc2)CC1. The molecule has 5 nitrogen and oxygen atoms in total. The zero-order chi connectivity index (χ0) is 19.3. The fourth-order valence-electron chi connectivity index (χ4n) is 3.55. The van der Waals surface area contributed by atoms with E-state index < -0.39 is 0 Å². The van der Waals surface area contributed by atoms with Gasteiger partial charge in [-0.15, -0.1) is 0 Å². The molecule has 0 aliphatic carbocycles. The molecular formula is C22H25N3O2S. The Labute approximate surface area is 169 Å². The number of fused-ring (bicyclic) bond motifs is 1.